The molecule has 2 aromatic rings. The minimum atomic E-state index is -5.82. The van der Waals surface area contributed by atoms with E-state index in [1.807, 2.05) is 0 Å². The van der Waals surface area contributed by atoms with Crippen molar-refractivity contribution in [3.05, 3.63) is 12.7 Å². The van der Waals surface area contributed by atoms with E-state index in [1.54, 1.807) is 7.05 Å². The SMILES string of the molecule is CNc1ncnc2c1ncn2CC[C@H](CCOP(=O)(O)O)C(F)(F)P(=O)(O)O. The molecular formula is C12H19F2N5O7P2. The van der Waals surface area contributed by atoms with Crippen LogP contribution in [-0.2, 0) is 20.2 Å². The second-order valence-corrected chi connectivity index (χ2v) is 8.74. The third-order valence-corrected chi connectivity index (χ3v) is 5.62. The number of anilines is 1. The highest BCUT2D eigenvalue weighted by atomic mass is 31.2. The molecular weight excluding hydrogens is 426 g/mol. The number of phosphoric acid groups is 1. The molecule has 2 heterocycles. The van der Waals surface area contributed by atoms with Crippen LogP contribution in [0.15, 0.2) is 12.7 Å². The first-order valence-electron chi connectivity index (χ1n) is 7.84. The summed E-state index contributed by atoms with van der Waals surface area (Å²) in [5.41, 5.74) is -3.70. The number of alkyl halides is 2. The zero-order chi connectivity index (χ0) is 21.2. The lowest BCUT2D eigenvalue weighted by Gasteiger charge is -2.27. The van der Waals surface area contributed by atoms with Crippen molar-refractivity contribution in [1.29, 1.82) is 0 Å². The van der Waals surface area contributed by atoms with Gasteiger partial charge in [-0.3, -0.25) is 9.09 Å². The van der Waals surface area contributed by atoms with Gasteiger partial charge in [0.05, 0.1) is 12.9 Å². The Hall–Kier alpha value is -1.53. The van der Waals surface area contributed by atoms with E-state index in [0.717, 1.165) is 0 Å². The van der Waals surface area contributed by atoms with Gasteiger partial charge in [-0.05, 0) is 12.8 Å². The number of halogens is 2. The van der Waals surface area contributed by atoms with Gasteiger partial charge in [0.2, 0.25) is 0 Å². The van der Waals surface area contributed by atoms with Crippen LogP contribution in [0.3, 0.4) is 0 Å². The molecule has 1 atom stereocenters. The van der Waals surface area contributed by atoms with Gasteiger partial charge in [0.1, 0.15) is 11.8 Å². The highest BCUT2D eigenvalue weighted by molar-refractivity contribution is 7.53. The average molecular weight is 445 g/mol. The molecule has 0 unspecified atom stereocenters. The number of hydrogen-bond donors (Lipinski definition) is 5. The van der Waals surface area contributed by atoms with Gasteiger partial charge in [0, 0.05) is 19.5 Å². The maximum Gasteiger partial charge on any atom is 0.469 e. The quantitative estimate of drug-likeness (QED) is 0.331. The summed E-state index contributed by atoms with van der Waals surface area (Å²) >= 11 is 0. The second kappa shape index (κ2) is 8.46. The van der Waals surface area contributed by atoms with Crippen LogP contribution in [0.4, 0.5) is 14.6 Å². The zero-order valence-corrected chi connectivity index (χ0v) is 16.3. The first-order valence-corrected chi connectivity index (χ1v) is 11.0. The molecule has 5 N–H and O–H groups in total. The Morgan fingerprint density at radius 3 is 2.46 bits per heavy atom. The molecule has 2 aromatic heterocycles. The summed E-state index contributed by atoms with van der Waals surface area (Å²) in [6, 6.07) is 0. The summed E-state index contributed by atoms with van der Waals surface area (Å²) in [5, 5.41) is 2.79. The summed E-state index contributed by atoms with van der Waals surface area (Å²) in [4.78, 5) is 47.3. The van der Waals surface area contributed by atoms with Crippen molar-refractivity contribution in [2.45, 2.75) is 25.1 Å². The fraction of sp³-hybridized carbons (Fsp3) is 0.583. The number of phosphoric ester groups is 1. The van der Waals surface area contributed by atoms with Gasteiger partial charge >= 0.3 is 21.1 Å². The molecule has 0 saturated carbocycles. The molecule has 2 rings (SSSR count). The highest BCUT2D eigenvalue weighted by Gasteiger charge is 2.54. The molecule has 12 nitrogen and oxygen atoms in total. The largest absolute Gasteiger partial charge is 0.469 e. The standard InChI is InChI=1S/C12H19F2N5O7P2/c1-15-10-9-11(17-6-16-10)19(7-18-9)4-2-8(3-5-26-28(23,24)25)12(13,14)27(20,21)22/h6-8H,2-5H2,1H3,(H,15,16,17)(H2,20,21,22)(H2,23,24,25)/t8-/m1/s1. The van der Waals surface area contributed by atoms with Crippen molar-refractivity contribution in [2.75, 3.05) is 19.0 Å². The Morgan fingerprint density at radius 1 is 1.21 bits per heavy atom. The van der Waals surface area contributed by atoms with Crippen LogP contribution < -0.4 is 5.32 Å². The van der Waals surface area contributed by atoms with Crippen molar-refractivity contribution < 1.29 is 42.0 Å². The van der Waals surface area contributed by atoms with E-state index < -0.39 is 46.4 Å². The van der Waals surface area contributed by atoms with E-state index in [9.17, 15) is 17.9 Å². The number of imidazole rings is 1. The van der Waals surface area contributed by atoms with Crippen LogP contribution >= 0.6 is 15.4 Å². The van der Waals surface area contributed by atoms with Gasteiger partial charge < -0.3 is 29.5 Å². The van der Waals surface area contributed by atoms with E-state index in [2.05, 4.69) is 24.8 Å². The summed E-state index contributed by atoms with van der Waals surface area (Å²) in [6.07, 6.45) is 1.43. The van der Waals surface area contributed by atoms with Crippen LogP contribution in [0.2, 0.25) is 0 Å². The Kier molecular flexibility index (Phi) is 6.87. The van der Waals surface area contributed by atoms with Crippen molar-refractivity contribution in [3.63, 3.8) is 0 Å². The Balaban J connectivity index is 2.20. The molecule has 0 aliphatic carbocycles. The van der Waals surface area contributed by atoms with E-state index in [0.29, 0.717) is 17.0 Å². The normalized spacial score (nSPS) is 14.4. The van der Waals surface area contributed by atoms with Crippen LogP contribution in [0, 0.1) is 5.92 Å². The summed E-state index contributed by atoms with van der Waals surface area (Å²) in [7, 11) is -9.11. The van der Waals surface area contributed by atoms with E-state index >= 15 is 0 Å². The maximum absolute atomic E-state index is 14.2. The van der Waals surface area contributed by atoms with E-state index in [4.69, 9.17) is 19.6 Å². The van der Waals surface area contributed by atoms with Crippen LogP contribution in [0.1, 0.15) is 12.8 Å². The summed E-state index contributed by atoms with van der Waals surface area (Å²) in [5.74, 6) is -1.50. The van der Waals surface area contributed by atoms with Gasteiger partial charge in [-0.25, -0.2) is 19.5 Å². The number of hydrogen-bond acceptors (Lipinski definition) is 7. The third kappa shape index (κ3) is 5.29. The Labute approximate surface area is 157 Å². The smallest absolute Gasteiger partial charge is 0.371 e. The fourth-order valence-corrected chi connectivity index (χ4v) is 3.64. The number of nitrogens with one attached hydrogen (secondary N) is 1. The molecule has 0 amide bonds. The topological polar surface area (TPSA) is 180 Å². The van der Waals surface area contributed by atoms with E-state index in [1.165, 1.54) is 17.2 Å². The van der Waals surface area contributed by atoms with E-state index in [-0.39, 0.29) is 6.54 Å². The minimum absolute atomic E-state index is 0.132. The average Bonchev–Trinajstić information content (AvgIpc) is 2.98. The Morgan fingerprint density at radius 2 is 1.89 bits per heavy atom. The summed E-state index contributed by atoms with van der Waals surface area (Å²) in [6.45, 7) is -0.936. The molecule has 0 aliphatic rings. The first-order chi connectivity index (χ1) is 12.9. The van der Waals surface area contributed by atoms with Gasteiger partial charge in [-0.15, -0.1) is 0 Å². The molecule has 28 heavy (non-hydrogen) atoms. The second-order valence-electron chi connectivity index (χ2n) is 5.81. The monoisotopic (exact) mass is 445 g/mol. The molecule has 0 fully saturated rings. The predicted octanol–water partition coefficient (Wildman–Crippen LogP) is 1.14. The molecule has 0 radical (unpaired) electrons. The third-order valence-electron chi connectivity index (χ3n) is 3.96. The van der Waals surface area contributed by atoms with Crippen molar-refractivity contribution in [1.82, 2.24) is 19.5 Å². The van der Waals surface area contributed by atoms with Crippen LogP contribution in [0.25, 0.3) is 11.2 Å². The molecule has 0 saturated heterocycles. The number of aryl methyl sites for hydroxylation is 1. The molecule has 0 spiro atoms. The van der Waals surface area contributed by atoms with Crippen molar-refractivity contribution >= 4 is 32.4 Å². The first kappa shape index (κ1) is 22.8. The number of rotatable bonds is 10. The fourth-order valence-electron chi connectivity index (χ4n) is 2.57. The highest BCUT2D eigenvalue weighted by Crippen LogP contribution is 2.58. The summed E-state index contributed by atoms with van der Waals surface area (Å²) < 4.78 is 55.9. The molecule has 0 aliphatic heterocycles. The molecule has 158 valence electrons. The minimum Gasteiger partial charge on any atom is -0.371 e. The lowest BCUT2D eigenvalue weighted by atomic mass is 10.0. The Bertz CT molecular complexity index is 915. The lowest BCUT2D eigenvalue weighted by molar-refractivity contribution is -0.0141. The van der Waals surface area contributed by atoms with Gasteiger partial charge in [0.25, 0.3) is 0 Å². The predicted molar refractivity (Wildman–Crippen MR) is 92.6 cm³/mol. The lowest BCUT2D eigenvalue weighted by Crippen LogP contribution is -2.30. The molecule has 0 aromatic carbocycles. The number of fused-ring (bicyclic) bond motifs is 1. The maximum atomic E-state index is 14.2. The number of aromatic nitrogens is 4. The van der Waals surface area contributed by atoms with Crippen molar-refractivity contribution in [3.8, 4) is 0 Å². The van der Waals surface area contributed by atoms with Gasteiger partial charge in [-0.1, -0.05) is 0 Å². The zero-order valence-electron chi connectivity index (χ0n) is 14.5. The van der Waals surface area contributed by atoms with Crippen LogP contribution in [0.5, 0.6) is 0 Å². The van der Waals surface area contributed by atoms with Crippen LogP contribution in [-0.4, -0.2) is 58.4 Å². The molecule has 16 heteroatoms. The van der Waals surface area contributed by atoms with Gasteiger partial charge in [-0.2, -0.15) is 8.78 Å². The number of nitrogens with zero attached hydrogens (tertiary/aromatic N) is 4. The van der Waals surface area contributed by atoms with Gasteiger partial charge in [0.15, 0.2) is 11.5 Å². The van der Waals surface area contributed by atoms with Crippen molar-refractivity contribution in [2.24, 2.45) is 5.92 Å². The molecule has 0 bridgehead atoms.